The molecule has 0 unspecified atom stereocenters. The molecule has 0 atom stereocenters. The summed E-state index contributed by atoms with van der Waals surface area (Å²) in [5.41, 5.74) is 2.46. The molecule has 2 aromatic carbocycles. The number of amides is 2. The first-order valence-electron chi connectivity index (χ1n) is 9.19. The summed E-state index contributed by atoms with van der Waals surface area (Å²) in [4.78, 5) is 27.4. The van der Waals surface area contributed by atoms with Gasteiger partial charge in [0.1, 0.15) is 0 Å². The Hall–Kier alpha value is -2.70. The van der Waals surface area contributed by atoms with Crippen LogP contribution in [0.4, 0.5) is 5.69 Å². The molecule has 1 fully saturated rings. The highest BCUT2D eigenvalue weighted by molar-refractivity contribution is 6.09. The van der Waals surface area contributed by atoms with Crippen LogP contribution in [0.5, 0.6) is 0 Å². The van der Waals surface area contributed by atoms with Crippen molar-refractivity contribution in [1.82, 2.24) is 10.2 Å². The quantitative estimate of drug-likeness (QED) is 0.822. The van der Waals surface area contributed by atoms with Gasteiger partial charge in [-0.25, -0.2) is 0 Å². The fourth-order valence-electron chi connectivity index (χ4n) is 3.05. The van der Waals surface area contributed by atoms with E-state index < -0.39 is 0 Å². The minimum absolute atomic E-state index is 0.191. The van der Waals surface area contributed by atoms with Gasteiger partial charge >= 0.3 is 0 Å². The molecule has 1 saturated heterocycles. The summed E-state index contributed by atoms with van der Waals surface area (Å²) >= 11 is 0. The Balaban J connectivity index is 1.62. The number of para-hydroxylation sites is 1. The molecule has 1 heterocycles. The van der Waals surface area contributed by atoms with E-state index in [9.17, 15) is 9.59 Å². The van der Waals surface area contributed by atoms with Crippen LogP contribution in [0.2, 0.25) is 0 Å². The fraction of sp³-hybridized carbons (Fsp3) is 0.333. The van der Waals surface area contributed by atoms with E-state index in [2.05, 4.69) is 15.5 Å². The van der Waals surface area contributed by atoms with Crippen molar-refractivity contribution in [2.45, 2.75) is 6.92 Å². The van der Waals surface area contributed by atoms with Crippen molar-refractivity contribution >= 4 is 17.5 Å². The van der Waals surface area contributed by atoms with Crippen molar-refractivity contribution in [3.63, 3.8) is 0 Å². The smallest absolute Gasteiger partial charge is 0.255 e. The summed E-state index contributed by atoms with van der Waals surface area (Å²) in [6.07, 6.45) is 0. The van der Waals surface area contributed by atoms with Gasteiger partial charge in [-0.2, -0.15) is 0 Å². The number of hydrogen-bond acceptors (Lipinski definition) is 4. The van der Waals surface area contributed by atoms with Crippen LogP contribution in [0, 0.1) is 6.92 Å². The van der Waals surface area contributed by atoms with Gasteiger partial charge in [0.2, 0.25) is 0 Å². The number of benzene rings is 2. The third-order valence-corrected chi connectivity index (χ3v) is 4.63. The predicted molar refractivity (Wildman–Crippen MR) is 105 cm³/mol. The second-order valence-corrected chi connectivity index (χ2v) is 6.52. The maximum atomic E-state index is 12.6. The van der Waals surface area contributed by atoms with E-state index in [4.69, 9.17) is 4.74 Å². The van der Waals surface area contributed by atoms with Gasteiger partial charge in [-0.3, -0.25) is 14.5 Å². The Labute approximate surface area is 159 Å². The van der Waals surface area contributed by atoms with Gasteiger partial charge < -0.3 is 15.4 Å². The van der Waals surface area contributed by atoms with Gasteiger partial charge in [0.15, 0.2) is 0 Å². The number of rotatable bonds is 6. The molecule has 0 aliphatic carbocycles. The van der Waals surface area contributed by atoms with Gasteiger partial charge in [-0.15, -0.1) is 0 Å². The van der Waals surface area contributed by atoms with Crippen LogP contribution in [-0.4, -0.2) is 56.1 Å². The molecule has 0 radical (unpaired) electrons. The van der Waals surface area contributed by atoms with E-state index in [0.29, 0.717) is 23.4 Å². The molecule has 2 N–H and O–H groups in total. The highest BCUT2D eigenvalue weighted by Crippen LogP contribution is 2.17. The standard InChI is InChI=1S/C21H25N3O3/c1-16-6-2-3-7-17(16)21(26)23-19-9-5-4-8-18(19)20(25)22-10-11-24-12-14-27-15-13-24/h2-9H,10-15H2,1H3,(H,22,25)(H,23,26). The highest BCUT2D eigenvalue weighted by atomic mass is 16.5. The molecule has 1 aliphatic heterocycles. The molecule has 0 saturated carbocycles. The van der Waals surface area contributed by atoms with Crippen molar-refractivity contribution in [3.05, 3.63) is 65.2 Å². The number of anilines is 1. The number of ether oxygens (including phenoxy) is 1. The van der Waals surface area contributed by atoms with Gasteiger partial charge in [0, 0.05) is 31.7 Å². The second kappa shape index (κ2) is 9.30. The normalized spacial score (nSPS) is 14.6. The molecule has 27 heavy (non-hydrogen) atoms. The van der Waals surface area contributed by atoms with Crippen molar-refractivity contribution < 1.29 is 14.3 Å². The predicted octanol–water partition coefficient (Wildman–Crippen LogP) is 2.31. The number of carbonyl (C=O) groups is 2. The minimum atomic E-state index is -0.221. The maximum absolute atomic E-state index is 12.6. The lowest BCUT2D eigenvalue weighted by atomic mass is 10.1. The van der Waals surface area contributed by atoms with Gasteiger partial charge in [-0.1, -0.05) is 30.3 Å². The number of carbonyl (C=O) groups excluding carboxylic acids is 2. The number of aryl methyl sites for hydroxylation is 1. The topological polar surface area (TPSA) is 70.7 Å². The van der Waals surface area contributed by atoms with Crippen LogP contribution in [0.25, 0.3) is 0 Å². The van der Waals surface area contributed by atoms with E-state index in [-0.39, 0.29) is 11.8 Å². The Morgan fingerprint density at radius 2 is 1.63 bits per heavy atom. The molecule has 1 aliphatic rings. The third-order valence-electron chi connectivity index (χ3n) is 4.63. The molecular weight excluding hydrogens is 342 g/mol. The lowest BCUT2D eigenvalue weighted by Crippen LogP contribution is -2.41. The van der Waals surface area contributed by atoms with E-state index >= 15 is 0 Å². The zero-order valence-corrected chi connectivity index (χ0v) is 15.5. The molecule has 142 valence electrons. The largest absolute Gasteiger partial charge is 0.379 e. The molecule has 0 aromatic heterocycles. The molecule has 0 bridgehead atoms. The first-order valence-corrected chi connectivity index (χ1v) is 9.19. The summed E-state index contributed by atoms with van der Waals surface area (Å²) in [6.45, 7) is 6.48. The fourth-order valence-corrected chi connectivity index (χ4v) is 3.05. The maximum Gasteiger partial charge on any atom is 0.255 e. The lowest BCUT2D eigenvalue weighted by molar-refractivity contribution is 0.0383. The monoisotopic (exact) mass is 367 g/mol. The van der Waals surface area contributed by atoms with Crippen molar-refractivity contribution in [2.24, 2.45) is 0 Å². The van der Waals surface area contributed by atoms with Crippen LogP contribution >= 0.6 is 0 Å². The SMILES string of the molecule is Cc1ccccc1C(=O)Nc1ccccc1C(=O)NCCN1CCOCC1. The Morgan fingerprint density at radius 3 is 2.37 bits per heavy atom. The first kappa shape index (κ1) is 19.1. The highest BCUT2D eigenvalue weighted by Gasteiger charge is 2.15. The number of nitrogens with zero attached hydrogens (tertiary/aromatic N) is 1. The molecular formula is C21H25N3O3. The summed E-state index contributed by atoms with van der Waals surface area (Å²) in [5.74, 6) is -0.411. The molecule has 2 amide bonds. The minimum Gasteiger partial charge on any atom is -0.379 e. The molecule has 2 aromatic rings. The van der Waals surface area contributed by atoms with E-state index in [1.165, 1.54) is 0 Å². The molecule has 3 rings (SSSR count). The van der Waals surface area contributed by atoms with Crippen LogP contribution < -0.4 is 10.6 Å². The number of hydrogen-bond donors (Lipinski definition) is 2. The van der Waals surface area contributed by atoms with Crippen LogP contribution in [-0.2, 0) is 4.74 Å². The van der Waals surface area contributed by atoms with E-state index in [1.54, 1.807) is 30.3 Å². The van der Waals surface area contributed by atoms with E-state index in [0.717, 1.165) is 38.4 Å². The van der Waals surface area contributed by atoms with Crippen LogP contribution in [0.3, 0.4) is 0 Å². The summed E-state index contributed by atoms with van der Waals surface area (Å²) in [5, 5.41) is 5.80. The van der Waals surface area contributed by atoms with Crippen molar-refractivity contribution in [3.8, 4) is 0 Å². The lowest BCUT2D eigenvalue weighted by Gasteiger charge is -2.26. The van der Waals surface area contributed by atoms with Crippen LogP contribution in [0.1, 0.15) is 26.3 Å². The molecule has 0 spiro atoms. The Bertz CT molecular complexity index is 801. The zero-order valence-electron chi connectivity index (χ0n) is 15.5. The average Bonchev–Trinajstić information content (AvgIpc) is 2.69. The van der Waals surface area contributed by atoms with Gasteiger partial charge in [0.05, 0.1) is 24.5 Å². The van der Waals surface area contributed by atoms with Crippen molar-refractivity contribution in [2.75, 3.05) is 44.7 Å². The average molecular weight is 367 g/mol. The second-order valence-electron chi connectivity index (χ2n) is 6.52. The first-order chi connectivity index (χ1) is 13.1. The Kier molecular flexibility index (Phi) is 6.57. The van der Waals surface area contributed by atoms with E-state index in [1.807, 2.05) is 25.1 Å². The summed E-state index contributed by atoms with van der Waals surface area (Å²) < 4.78 is 5.32. The van der Waals surface area contributed by atoms with Gasteiger partial charge in [-0.05, 0) is 30.7 Å². The number of morpholine rings is 1. The zero-order chi connectivity index (χ0) is 19.1. The number of nitrogens with one attached hydrogen (secondary N) is 2. The van der Waals surface area contributed by atoms with Crippen molar-refractivity contribution in [1.29, 1.82) is 0 Å². The molecule has 6 heteroatoms. The summed E-state index contributed by atoms with van der Waals surface area (Å²) in [7, 11) is 0. The van der Waals surface area contributed by atoms with Crippen LogP contribution in [0.15, 0.2) is 48.5 Å². The van der Waals surface area contributed by atoms with Gasteiger partial charge in [0.25, 0.3) is 11.8 Å². The molecule has 6 nitrogen and oxygen atoms in total. The summed E-state index contributed by atoms with van der Waals surface area (Å²) in [6, 6.07) is 14.4. The Morgan fingerprint density at radius 1 is 0.963 bits per heavy atom. The third kappa shape index (κ3) is 5.15.